The Morgan fingerprint density at radius 3 is 2.33 bits per heavy atom. The number of benzene rings is 1. The van der Waals surface area contributed by atoms with E-state index >= 15 is 0 Å². The summed E-state index contributed by atoms with van der Waals surface area (Å²) < 4.78 is 52.7. The molecule has 118 valence electrons. The standard InChI is InChI=1S/C12H17F2N3O3S/c1-2-4-16-11(18)3-5-17-21(19,20)12-9(13)6-8(15)7-10(12)14/h6-7,17H,2-5,15H2,1H3,(H,16,18). The molecular formula is C12H17F2N3O3S. The van der Waals surface area contributed by atoms with E-state index in [9.17, 15) is 22.0 Å². The number of nitrogen functional groups attached to an aromatic ring is 1. The van der Waals surface area contributed by atoms with Gasteiger partial charge in [-0.25, -0.2) is 21.9 Å². The molecule has 0 unspecified atom stereocenters. The number of rotatable bonds is 7. The number of halogens is 2. The molecule has 0 radical (unpaired) electrons. The Hall–Kier alpha value is -1.74. The molecule has 1 aromatic rings. The molecule has 0 bridgehead atoms. The van der Waals surface area contributed by atoms with Gasteiger partial charge in [0.05, 0.1) is 0 Å². The van der Waals surface area contributed by atoms with Gasteiger partial charge in [-0.3, -0.25) is 4.79 Å². The third kappa shape index (κ3) is 4.94. The number of hydrogen-bond donors (Lipinski definition) is 3. The second-order valence-electron chi connectivity index (χ2n) is 4.31. The minimum Gasteiger partial charge on any atom is -0.399 e. The molecule has 21 heavy (non-hydrogen) atoms. The van der Waals surface area contributed by atoms with Crippen LogP contribution < -0.4 is 15.8 Å². The average Bonchev–Trinajstić information content (AvgIpc) is 2.34. The maximum Gasteiger partial charge on any atom is 0.246 e. The van der Waals surface area contributed by atoms with Gasteiger partial charge in [-0.15, -0.1) is 0 Å². The predicted molar refractivity (Wildman–Crippen MR) is 73.9 cm³/mol. The van der Waals surface area contributed by atoms with Gasteiger partial charge in [-0.1, -0.05) is 6.92 Å². The lowest BCUT2D eigenvalue weighted by Crippen LogP contribution is -2.31. The van der Waals surface area contributed by atoms with Gasteiger partial charge < -0.3 is 11.1 Å². The molecule has 0 saturated carbocycles. The Bertz CT molecular complexity index is 597. The number of carbonyl (C=O) groups is 1. The van der Waals surface area contributed by atoms with E-state index in [2.05, 4.69) is 5.32 Å². The maximum atomic E-state index is 13.5. The topological polar surface area (TPSA) is 101 Å². The number of anilines is 1. The fourth-order valence-corrected chi connectivity index (χ4v) is 2.71. The summed E-state index contributed by atoms with van der Waals surface area (Å²) in [4.78, 5) is 10.2. The number of carbonyl (C=O) groups excluding carboxylic acids is 1. The van der Waals surface area contributed by atoms with Crippen molar-refractivity contribution in [2.45, 2.75) is 24.7 Å². The molecular weight excluding hydrogens is 304 g/mol. The zero-order chi connectivity index (χ0) is 16.0. The third-order valence-electron chi connectivity index (χ3n) is 2.51. The van der Waals surface area contributed by atoms with E-state index in [0.29, 0.717) is 18.7 Å². The van der Waals surface area contributed by atoms with Crippen LogP contribution in [0.25, 0.3) is 0 Å². The molecule has 0 saturated heterocycles. The first-order chi connectivity index (χ1) is 9.77. The molecule has 0 heterocycles. The molecule has 1 amide bonds. The summed E-state index contributed by atoms with van der Waals surface area (Å²) in [5.74, 6) is -2.91. The summed E-state index contributed by atoms with van der Waals surface area (Å²) in [5, 5.41) is 2.55. The average molecular weight is 321 g/mol. The molecule has 0 aliphatic carbocycles. The summed E-state index contributed by atoms with van der Waals surface area (Å²) in [5.41, 5.74) is 4.99. The van der Waals surface area contributed by atoms with Gasteiger partial charge in [0.1, 0.15) is 11.6 Å². The highest BCUT2D eigenvalue weighted by Gasteiger charge is 2.24. The van der Waals surface area contributed by atoms with Crippen LogP contribution in [0.1, 0.15) is 19.8 Å². The highest BCUT2D eigenvalue weighted by molar-refractivity contribution is 7.89. The van der Waals surface area contributed by atoms with Gasteiger partial charge in [0.2, 0.25) is 15.9 Å². The summed E-state index contributed by atoms with van der Waals surface area (Å²) >= 11 is 0. The van der Waals surface area contributed by atoms with Crippen LogP contribution in [0.2, 0.25) is 0 Å². The van der Waals surface area contributed by atoms with Crippen molar-refractivity contribution in [3.05, 3.63) is 23.8 Å². The van der Waals surface area contributed by atoms with Crippen molar-refractivity contribution < 1.29 is 22.0 Å². The second kappa shape index (κ2) is 7.32. The van der Waals surface area contributed by atoms with Crippen LogP contribution in [0.3, 0.4) is 0 Å². The molecule has 0 aromatic heterocycles. The first kappa shape index (κ1) is 17.3. The normalized spacial score (nSPS) is 11.4. The lowest BCUT2D eigenvalue weighted by atomic mass is 10.3. The van der Waals surface area contributed by atoms with Gasteiger partial charge in [0.25, 0.3) is 0 Å². The summed E-state index contributed by atoms with van der Waals surface area (Å²) in [6.07, 6.45) is 0.622. The van der Waals surface area contributed by atoms with Crippen LogP contribution >= 0.6 is 0 Å². The fourth-order valence-electron chi connectivity index (χ4n) is 1.56. The minimum absolute atomic E-state index is 0.128. The maximum absolute atomic E-state index is 13.5. The van der Waals surface area contributed by atoms with Crippen molar-refractivity contribution in [1.29, 1.82) is 0 Å². The number of hydrogen-bond acceptors (Lipinski definition) is 4. The van der Waals surface area contributed by atoms with E-state index in [-0.39, 0.29) is 24.6 Å². The van der Waals surface area contributed by atoms with Crippen LogP contribution in [0.15, 0.2) is 17.0 Å². The van der Waals surface area contributed by atoms with Crippen molar-refractivity contribution >= 4 is 21.6 Å². The van der Waals surface area contributed by atoms with Crippen LogP contribution in [0.4, 0.5) is 14.5 Å². The van der Waals surface area contributed by atoms with Crippen molar-refractivity contribution in [2.24, 2.45) is 0 Å². The second-order valence-corrected chi connectivity index (χ2v) is 6.02. The predicted octanol–water partition coefficient (Wildman–Crippen LogP) is 0.742. The minimum atomic E-state index is -4.39. The lowest BCUT2D eigenvalue weighted by Gasteiger charge is -2.09. The zero-order valence-electron chi connectivity index (χ0n) is 11.4. The number of sulfonamides is 1. The molecule has 0 aliphatic heterocycles. The Morgan fingerprint density at radius 1 is 1.24 bits per heavy atom. The molecule has 9 heteroatoms. The highest BCUT2D eigenvalue weighted by Crippen LogP contribution is 2.21. The molecule has 0 atom stereocenters. The smallest absolute Gasteiger partial charge is 0.246 e. The van der Waals surface area contributed by atoms with E-state index in [4.69, 9.17) is 5.73 Å². The van der Waals surface area contributed by atoms with E-state index in [0.717, 1.165) is 6.42 Å². The molecule has 6 nitrogen and oxygen atoms in total. The summed E-state index contributed by atoms with van der Waals surface area (Å²) in [6.45, 7) is 2.09. The lowest BCUT2D eigenvalue weighted by molar-refractivity contribution is -0.120. The molecule has 0 aliphatic rings. The third-order valence-corrected chi connectivity index (χ3v) is 4.02. The van der Waals surface area contributed by atoms with Gasteiger partial charge in [-0.2, -0.15) is 0 Å². The van der Waals surface area contributed by atoms with Crippen molar-refractivity contribution in [1.82, 2.24) is 10.0 Å². The zero-order valence-corrected chi connectivity index (χ0v) is 12.3. The number of amides is 1. The van der Waals surface area contributed by atoms with Crippen molar-refractivity contribution in [3.63, 3.8) is 0 Å². The van der Waals surface area contributed by atoms with E-state index < -0.39 is 26.6 Å². The largest absolute Gasteiger partial charge is 0.399 e. The van der Waals surface area contributed by atoms with Crippen LogP contribution in [-0.4, -0.2) is 27.4 Å². The monoisotopic (exact) mass is 321 g/mol. The Labute approximate surface area is 121 Å². The molecule has 0 fully saturated rings. The number of nitrogens with two attached hydrogens (primary N) is 1. The van der Waals surface area contributed by atoms with Crippen LogP contribution in [0, 0.1) is 11.6 Å². The Kier molecular flexibility index (Phi) is 6.03. The summed E-state index contributed by atoms with van der Waals surface area (Å²) in [6, 6.07) is 1.43. The van der Waals surface area contributed by atoms with Crippen LogP contribution in [0.5, 0.6) is 0 Å². The first-order valence-electron chi connectivity index (χ1n) is 6.28. The van der Waals surface area contributed by atoms with Crippen molar-refractivity contribution in [2.75, 3.05) is 18.8 Å². The molecule has 4 N–H and O–H groups in total. The van der Waals surface area contributed by atoms with Gasteiger partial charge in [0, 0.05) is 25.2 Å². The van der Waals surface area contributed by atoms with Gasteiger partial charge in [-0.05, 0) is 18.6 Å². The molecule has 1 aromatic carbocycles. The van der Waals surface area contributed by atoms with E-state index in [1.807, 2.05) is 11.6 Å². The quantitative estimate of drug-likeness (QED) is 0.645. The van der Waals surface area contributed by atoms with Crippen molar-refractivity contribution in [3.8, 4) is 0 Å². The Morgan fingerprint density at radius 2 is 1.81 bits per heavy atom. The van der Waals surface area contributed by atoms with Gasteiger partial charge in [0.15, 0.2) is 4.90 Å². The number of nitrogens with one attached hydrogen (secondary N) is 2. The molecule has 1 rings (SSSR count). The highest BCUT2D eigenvalue weighted by atomic mass is 32.2. The van der Waals surface area contributed by atoms with E-state index in [1.54, 1.807) is 0 Å². The van der Waals surface area contributed by atoms with Crippen LogP contribution in [-0.2, 0) is 14.8 Å². The fraction of sp³-hybridized carbons (Fsp3) is 0.417. The van der Waals surface area contributed by atoms with E-state index in [1.165, 1.54) is 0 Å². The first-order valence-corrected chi connectivity index (χ1v) is 7.77. The summed E-state index contributed by atoms with van der Waals surface area (Å²) in [7, 11) is -4.39. The Balaban J connectivity index is 2.73. The molecule has 0 spiro atoms. The SMILES string of the molecule is CCCNC(=O)CCNS(=O)(=O)c1c(F)cc(N)cc1F. The van der Waals surface area contributed by atoms with Gasteiger partial charge >= 0.3 is 0 Å².